The van der Waals surface area contributed by atoms with Crippen LogP contribution >= 0.6 is 15.9 Å². The van der Waals surface area contributed by atoms with Crippen molar-refractivity contribution in [2.24, 2.45) is 0 Å². The molecule has 1 aromatic carbocycles. The predicted molar refractivity (Wildman–Crippen MR) is 94.2 cm³/mol. The van der Waals surface area contributed by atoms with E-state index < -0.39 is 0 Å². The molecule has 1 aliphatic heterocycles. The Morgan fingerprint density at radius 3 is 2.61 bits per heavy atom. The maximum atomic E-state index is 12.3. The van der Waals surface area contributed by atoms with Gasteiger partial charge in [0.25, 0.3) is 0 Å². The fourth-order valence-corrected chi connectivity index (χ4v) is 3.14. The van der Waals surface area contributed by atoms with Crippen LogP contribution < -0.4 is 20.1 Å². The minimum atomic E-state index is 0.0333. The Morgan fingerprint density at radius 2 is 2.00 bits per heavy atom. The average molecular weight is 385 g/mol. The number of rotatable bonds is 7. The van der Waals surface area contributed by atoms with Gasteiger partial charge in [0.15, 0.2) is 11.5 Å². The van der Waals surface area contributed by atoms with Gasteiger partial charge < -0.3 is 20.1 Å². The number of piperidine rings is 1. The Balaban J connectivity index is 2.05. The molecule has 23 heavy (non-hydrogen) atoms. The summed E-state index contributed by atoms with van der Waals surface area (Å²) < 4.78 is 12.1. The first-order chi connectivity index (χ1) is 11.1. The number of hydrogen-bond donors (Lipinski definition) is 2. The molecule has 2 N–H and O–H groups in total. The summed E-state index contributed by atoms with van der Waals surface area (Å²) in [4.78, 5) is 12.3. The van der Waals surface area contributed by atoms with Crippen LogP contribution in [0.3, 0.4) is 0 Å². The van der Waals surface area contributed by atoms with Crippen LogP contribution in [0.4, 0.5) is 0 Å². The van der Waals surface area contributed by atoms with Crippen molar-refractivity contribution < 1.29 is 14.3 Å². The zero-order valence-corrected chi connectivity index (χ0v) is 15.4. The topological polar surface area (TPSA) is 59.6 Å². The molecular weight excluding hydrogens is 360 g/mol. The van der Waals surface area contributed by atoms with E-state index in [4.69, 9.17) is 9.47 Å². The second kappa shape index (κ2) is 9.13. The molecule has 1 fully saturated rings. The number of halogens is 1. The number of ether oxygens (including phenoxy) is 2. The van der Waals surface area contributed by atoms with Crippen molar-refractivity contribution in [3.63, 3.8) is 0 Å². The summed E-state index contributed by atoms with van der Waals surface area (Å²) in [7, 11) is 0. The van der Waals surface area contributed by atoms with Crippen LogP contribution in [0.2, 0.25) is 0 Å². The van der Waals surface area contributed by atoms with Gasteiger partial charge in [-0.3, -0.25) is 4.79 Å². The predicted octanol–water partition coefficient (Wildman–Crippen LogP) is 2.66. The maximum absolute atomic E-state index is 12.3. The smallest absolute Gasteiger partial charge is 0.224 e. The van der Waals surface area contributed by atoms with E-state index in [9.17, 15) is 4.79 Å². The van der Waals surface area contributed by atoms with E-state index in [0.717, 1.165) is 36.0 Å². The van der Waals surface area contributed by atoms with Crippen molar-refractivity contribution in [2.75, 3.05) is 26.3 Å². The highest BCUT2D eigenvalue weighted by Gasteiger charge is 2.17. The minimum Gasteiger partial charge on any atom is -0.490 e. The molecule has 1 aliphatic rings. The van der Waals surface area contributed by atoms with Gasteiger partial charge in [-0.15, -0.1) is 0 Å². The molecule has 1 unspecified atom stereocenters. The van der Waals surface area contributed by atoms with Crippen molar-refractivity contribution in [3.05, 3.63) is 22.2 Å². The maximum Gasteiger partial charge on any atom is 0.224 e. The van der Waals surface area contributed by atoms with Crippen LogP contribution in [0.1, 0.15) is 32.3 Å². The molecule has 0 radical (unpaired) electrons. The molecule has 0 spiro atoms. The lowest BCUT2D eigenvalue weighted by Gasteiger charge is -2.24. The lowest BCUT2D eigenvalue weighted by Crippen LogP contribution is -2.46. The SMILES string of the molecule is CCOc1cc(Br)c(CC(=O)NC2CCCNC2)cc1OCC. The van der Waals surface area contributed by atoms with Crippen LogP contribution in [0.5, 0.6) is 11.5 Å². The minimum absolute atomic E-state index is 0.0333. The van der Waals surface area contributed by atoms with Crippen LogP contribution in [0.15, 0.2) is 16.6 Å². The summed E-state index contributed by atoms with van der Waals surface area (Å²) in [6.07, 6.45) is 2.46. The molecule has 128 valence electrons. The zero-order chi connectivity index (χ0) is 16.7. The van der Waals surface area contributed by atoms with Gasteiger partial charge in [0.2, 0.25) is 5.91 Å². The molecule has 0 aromatic heterocycles. The largest absolute Gasteiger partial charge is 0.490 e. The van der Waals surface area contributed by atoms with Crippen molar-refractivity contribution >= 4 is 21.8 Å². The van der Waals surface area contributed by atoms with Gasteiger partial charge in [0.05, 0.1) is 19.6 Å². The van der Waals surface area contributed by atoms with Crippen molar-refractivity contribution in [1.29, 1.82) is 0 Å². The molecular formula is C17H25BrN2O3. The van der Waals surface area contributed by atoms with E-state index in [2.05, 4.69) is 26.6 Å². The number of hydrogen-bond acceptors (Lipinski definition) is 4. The van der Waals surface area contributed by atoms with Gasteiger partial charge >= 0.3 is 0 Å². The molecule has 1 amide bonds. The molecule has 0 bridgehead atoms. The summed E-state index contributed by atoms with van der Waals surface area (Å²) in [5, 5.41) is 6.39. The third kappa shape index (κ3) is 5.39. The molecule has 2 rings (SSSR count). The lowest BCUT2D eigenvalue weighted by atomic mass is 10.1. The van der Waals surface area contributed by atoms with Crippen LogP contribution in [0.25, 0.3) is 0 Å². The van der Waals surface area contributed by atoms with Gasteiger partial charge in [-0.2, -0.15) is 0 Å². The standard InChI is InChI=1S/C17H25BrN2O3/c1-3-22-15-8-12(14(18)10-16(15)23-4-2)9-17(21)20-13-6-5-7-19-11-13/h8,10,13,19H,3-7,9,11H2,1-2H3,(H,20,21). The van der Waals surface area contributed by atoms with E-state index in [1.807, 2.05) is 26.0 Å². The van der Waals surface area contributed by atoms with Crippen LogP contribution in [-0.2, 0) is 11.2 Å². The van der Waals surface area contributed by atoms with Gasteiger partial charge in [-0.25, -0.2) is 0 Å². The number of carbonyl (C=O) groups is 1. The van der Waals surface area contributed by atoms with Crippen molar-refractivity contribution in [3.8, 4) is 11.5 Å². The first-order valence-electron chi connectivity index (χ1n) is 8.22. The van der Waals surface area contributed by atoms with E-state index in [1.165, 1.54) is 0 Å². The quantitative estimate of drug-likeness (QED) is 0.758. The Hall–Kier alpha value is -1.27. The summed E-state index contributed by atoms with van der Waals surface area (Å²) in [5.41, 5.74) is 0.901. The monoisotopic (exact) mass is 384 g/mol. The summed E-state index contributed by atoms with van der Waals surface area (Å²) in [6.45, 7) is 6.88. The van der Waals surface area contributed by atoms with E-state index in [1.54, 1.807) is 0 Å². The fourth-order valence-electron chi connectivity index (χ4n) is 2.68. The first-order valence-corrected chi connectivity index (χ1v) is 9.01. The van der Waals surface area contributed by atoms with E-state index >= 15 is 0 Å². The second-order valence-electron chi connectivity index (χ2n) is 5.54. The molecule has 1 atom stereocenters. The molecule has 5 nitrogen and oxygen atoms in total. The van der Waals surface area contributed by atoms with Gasteiger partial charge in [-0.1, -0.05) is 15.9 Å². The highest BCUT2D eigenvalue weighted by molar-refractivity contribution is 9.10. The van der Waals surface area contributed by atoms with Gasteiger partial charge in [0, 0.05) is 17.1 Å². The second-order valence-corrected chi connectivity index (χ2v) is 6.40. The van der Waals surface area contributed by atoms with E-state index in [-0.39, 0.29) is 11.9 Å². The normalized spacial score (nSPS) is 17.6. The molecule has 1 saturated heterocycles. The molecule has 0 saturated carbocycles. The van der Waals surface area contributed by atoms with Crippen LogP contribution in [-0.4, -0.2) is 38.3 Å². The first kappa shape index (κ1) is 18.1. The molecule has 0 aliphatic carbocycles. The van der Waals surface area contributed by atoms with Gasteiger partial charge in [0.1, 0.15) is 0 Å². The third-order valence-electron chi connectivity index (χ3n) is 3.73. The lowest BCUT2D eigenvalue weighted by molar-refractivity contribution is -0.121. The Bertz CT molecular complexity index is 531. The Morgan fingerprint density at radius 1 is 1.30 bits per heavy atom. The van der Waals surface area contributed by atoms with E-state index in [0.29, 0.717) is 31.1 Å². The molecule has 6 heteroatoms. The molecule has 1 heterocycles. The zero-order valence-electron chi connectivity index (χ0n) is 13.8. The highest BCUT2D eigenvalue weighted by Crippen LogP contribution is 2.34. The molecule has 1 aromatic rings. The number of nitrogens with one attached hydrogen (secondary N) is 2. The summed E-state index contributed by atoms with van der Waals surface area (Å²) in [5.74, 6) is 1.41. The Labute approximate surface area is 146 Å². The number of carbonyl (C=O) groups excluding carboxylic acids is 1. The number of benzene rings is 1. The average Bonchev–Trinajstić information content (AvgIpc) is 2.53. The fraction of sp³-hybridized carbons (Fsp3) is 0.588. The van der Waals surface area contributed by atoms with Crippen LogP contribution in [0, 0.1) is 0 Å². The van der Waals surface area contributed by atoms with Gasteiger partial charge in [-0.05, 0) is 50.9 Å². The summed E-state index contributed by atoms with van der Waals surface area (Å²) >= 11 is 3.53. The highest BCUT2D eigenvalue weighted by atomic mass is 79.9. The third-order valence-corrected chi connectivity index (χ3v) is 4.46. The van der Waals surface area contributed by atoms with Crippen molar-refractivity contribution in [1.82, 2.24) is 10.6 Å². The Kier molecular flexibility index (Phi) is 7.17. The number of amides is 1. The van der Waals surface area contributed by atoms with Crippen molar-refractivity contribution in [2.45, 2.75) is 39.2 Å². The summed E-state index contributed by atoms with van der Waals surface area (Å²) in [6, 6.07) is 3.99.